The fourth-order valence-electron chi connectivity index (χ4n) is 3.14. The van der Waals surface area contributed by atoms with Crippen molar-refractivity contribution >= 4 is 28.9 Å². The molecule has 2 N–H and O–H groups in total. The molecule has 0 radical (unpaired) electrons. The Hall–Kier alpha value is -2.52. The molecule has 1 aromatic carbocycles. The summed E-state index contributed by atoms with van der Waals surface area (Å²) in [6, 6.07) is 7.59. The lowest BCUT2D eigenvalue weighted by atomic mass is 9.93. The summed E-state index contributed by atoms with van der Waals surface area (Å²) in [5, 5.41) is 19.4. The molecule has 1 atom stereocenters. The molecule has 2 heterocycles. The normalized spacial score (nSPS) is 17.4. The van der Waals surface area contributed by atoms with Gasteiger partial charge in [-0.1, -0.05) is 11.6 Å². The Bertz CT molecular complexity index is 795. The Morgan fingerprint density at radius 1 is 1.54 bits per heavy atom. The van der Waals surface area contributed by atoms with Gasteiger partial charge >= 0.3 is 0 Å². The number of anilines is 2. The van der Waals surface area contributed by atoms with Crippen molar-refractivity contribution in [1.29, 1.82) is 5.26 Å². The number of hydrogen-bond acceptors (Lipinski definition) is 4. The second-order valence-electron chi connectivity index (χ2n) is 5.94. The van der Waals surface area contributed by atoms with Gasteiger partial charge in [0, 0.05) is 31.6 Å². The van der Waals surface area contributed by atoms with Gasteiger partial charge in [0.2, 0.25) is 5.91 Å². The predicted molar refractivity (Wildman–Crippen MR) is 93.2 cm³/mol. The van der Waals surface area contributed by atoms with E-state index in [0.29, 0.717) is 10.6 Å². The van der Waals surface area contributed by atoms with Crippen molar-refractivity contribution in [3.63, 3.8) is 0 Å². The van der Waals surface area contributed by atoms with E-state index >= 15 is 0 Å². The number of nitriles is 1. The molecule has 0 bridgehead atoms. The van der Waals surface area contributed by atoms with Gasteiger partial charge < -0.3 is 10.2 Å². The van der Waals surface area contributed by atoms with E-state index in [4.69, 9.17) is 16.9 Å². The van der Waals surface area contributed by atoms with Gasteiger partial charge in [0.15, 0.2) is 0 Å². The molecule has 2 aromatic rings. The van der Waals surface area contributed by atoms with Gasteiger partial charge in [-0.05, 0) is 31.0 Å². The van der Waals surface area contributed by atoms with Gasteiger partial charge in [0.1, 0.15) is 6.07 Å². The molecule has 3 rings (SSSR count). The van der Waals surface area contributed by atoms with E-state index in [9.17, 15) is 4.79 Å². The number of hydrogen-bond donors (Lipinski definition) is 2. The lowest BCUT2D eigenvalue weighted by Gasteiger charge is -2.34. The smallest absolute Gasteiger partial charge is 0.221 e. The Kier molecular flexibility index (Phi) is 4.72. The molecule has 1 saturated heterocycles. The van der Waals surface area contributed by atoms with Crippen LogP contribution in [0.5, 0.6) is 0 Å². The van der Waals surface area contributed by atoms with Gasteiger partial charge in [-0.2, -0.15) is 10.4 Å². The first kappa shape index (κ1) is 16.3. The number of nitrogens with zero attached hydrogens (tertiary/aromatic N) is 3. The molecule has 0 saturated carbocycles. The van der Waals surface area contributed by atoms with E-state index in [1.165, 1.54) is 6.92 Å². The molecule has 24 heavy (non-hydrogen) atoms. The van der Waals surface area contributed by atoms with Crippen molar-refractivity contribution in [2.45, 2.75) is 25.7 Å². The summed E-state index contributed by atoms with van der Waals surface area (Å²) in [7, 11) is 0. The minimum atomic E-state index is -0.107. The third-order valence-corrected chi connectivity index (χ3v) is 4.56. The molecule has 1 unspecified atom stereocenters. The van der Waals surface area contributed by atoms with Gasteiger partial charge in [0.05, 0.1) is 28.2 Å². The Morgan fingerprint density at radius 3 is 3.08 bits per heavy atom. The predicted octanol–water partition coefficient (Wildman–Crippen LogP) is 3.28. The van der Waals surface area contributed by atoms with E-state index in [0.717, 1.165) is 43.0 Å². The molecule has 124 valence electrons. The van der Waals surface area contributed by atoms with Crippen molar-refractivity contribution in [3.05, 3.63) is 40.7 Å². The van der Waals surface area contributed by atoms with Crippen LogP contribution in [0.15, 0.2) is 24.4 Å². The van der Waals surface area contributed by atoms with Crippen LogP contribution in [0.25, 0.3) is 0 Å². The van der Waals surface area contributed by atoms with Crippen LogP contribution in [0.3, 0.4) is 0 Å². The van der Waals surface area contributed by atoms with E-state index in [-0.39, 0.29) is 11.8 Å². The van der Waals surface area contributed by atoms with E-state index in [1.54, 1.807) is 12.3 Å². The van der Waals surface area contributed by atoms with E-state index < -0.39 is 0 Å². The minimum absolute atomic E-state index is 0.107. The van der Waals surface area contributed by atoms with Gasteiger partial charge in [0.25, 0.3) is 0 Å². The maximum Gasteiger partial charge on any atom is 0.221 e. The summed E-state index contributed by atoms with van der Waals surface area (Å²) in [5.41, 5.74) is 3.18. The topological polar surface area (TPSA) is 84.8 Å². The van der Waals surface area contributed by atoms with Crippen LogP contribution >= 0.6 is 11.6 Å². The minimum Gasteiger partial charge on any atom is -0.371 e. The summed E-state index contributed by atoms with van der Waals surface area (Å²) in [5.74, 6) is 0.140. The SMILES string of the molecule is CC(=O)Nc1cn[nH]c1C1CCCN(c2ccc(C#N)c(Cl)c2)C1. The maximum atomic E-state index is 11.3. The third kappa shape index (κ3) is 3.36. The number of halogens is 1. The van der Waals surface area contributed by atoms with Crippen molar-refractivity contribution in [2.24, 2.45) is 0 Å². The van der Waals surface area contributed by atoms with Crippen molar-refractivity contribution in [2.75, 3.05) is 23.3 Å². The average molecular weight is 344 g/mol. The maximum absolute atomic E-state index is 11.3. The molecule has 1 aliphatic rings. The zero-order valence-electron chi connectivity index (χ0n) is 13.3. The highest BCUT2D eigenvalue weighted by Crippen LogP contribution is 2.33. The largest absolute Gasteiger partial charge is 0.371 e. The second-order valence-corrected chi connectivity index (χ2v) is 6.35. The van der Waals surface area contributed by atoms with Crippen LogP contribution in [-0.2, 0) is 4.79 Å². The number of rotatable bonds is 3. The zero-order valence-corrected chi connectivity index (χ0v) is 14.1. The molecular weight excluding hydrogens is 326 g/mol. The number of aromatic amines is 1. The highest BCUT2D eigenvalue weighted by Gasteiger charge is 2.25. The molecule has 0 spiro atoms. The standard InChI is InChI=1S/C17H18ClN5O/c1-11(24)21-16-9-20-22-17(16)13-3-2-6-23(10-13)14-5-4-12(8-19)15(18)7-14/h4-5,7,9,13H,2-3,6,10H2,1H3,(H,20,22)(H,21,24). The number of carbonyl (C=O) groups excluding carboxylic acids is 1. The van der Waals surface area contributed by atoms with E-state index in [2.05, 4.69) is 26.5 Å². The number of carbonyl (C=O) groups is 1. The Balaban J connectivity index is 1.80. The van der Waals surface area contributed by atoms with Crippen LogP contribution in [0.1, 0.15) is 36.9 Å². The van der Waals surface area contributed by atoms with Crippen molar-refractivity contribution < 1.29 is 4.79 Å². The number of nitrogens with one attached hydrogen (secondary N) is 2. The molecule has 0 aliphatic carbocycles. The van der Waals surface area contributed by atoms with Gasteiger partial charge in [-0.3, -0.25) is 9.89 Å². The molecule has 1 aliphatic heterocycles. The summed E-state index contributed by atoms with van der Waals surface area (Å²) in [6.07, 6.45) is 3.70. The monoisotopic (exact) mass is 343 g/mol. The van der Waals surface area contributed by atoms with Crippen LogP contribution < -0.4 is 10.2 Å². The number of benzene rings is 1. The average Bonchev–Trinajstić information content (AvgIpc) is 3.02. The fraction of sp³-hybridized carbons (Fsp3) is 0.353. The quantitative estimate of drug-likeness (QED) is 0.895. The lowest BCUT2D eigenvalue weighted by Crippen LogP contribution is -2.34. The van der Waals surface area contributed by atoms with Crippen LogP contribution in [0.4, 0.5) is 11.4 Å². The number of piperidine rings is 1. The van der Waals surface area contributed by atoms with Crippen molar-refractivity contribution in [3.8, 4) is 6.07 Å². The first-order valence-corrected chi connectivity index (χ1v) is 8.21. The fourth-order valence-corrected chi connectivity index (χ4v) is 3.35. The summed E-state index contributed by atoms with van der Waals surface area (Å²) in [6.45, 7) is 3.22. The molecule has 6 nitrogen and oxygen atoms in total. The summed E-state index contributed by atoms with van der Waals surface area (Å²) < 4.78 is 0. The molecule has 7 heteroatoms. The van der Waals surface area contributed by atoms with E-state index in [1.807, 2.05) is 12.1 Å². The highest BCUT2D eigenvalue weighted by atomic mass is 35.5. The number of H-pyrrole nitrogens is 1. The third-order valence-electron chi connectivity index (χ3n) is 4.25. The molecule has 1 amide bonds. The van der Waals surface area contributed by atoms with Crippen LogP contribution in [0, 0.1) is 11.3 Å². The molecule has 1 aromatic heterocycles. The highest BCUT2D eigenvalue weighted by molar-refractivity contribution is 6.32. The van der Waals surface area contributed by atoms with Crippen LogP contribution in [-0.4, -0.2) is 29.2 Å². The zero-order chi connectivity index (χ0) is 17.1. The Labute approximate surface area is 145 Å². The summed E-state index contributed by atoms with van der Waals surface area (Å²) in [4.78, 5) is 13.6. The molecule has 1 fully saturated rings. The second kappa shape index (κ2) is 6.93. The first-order valence-electron chi connectivity index (χ1n) is 7.84. The van der Waals surface area contributed by atoms with Crippen molar-refractivity contribution in [1.82, 2.24) is 10.2 Å². The molecular formula is C17H18ClN5O. The Morgan fingerprint density at radius 2 is 2.38 bits per heavy atom. The summed E-state index contributed by atoms with van der Waals surface area (Å²) >= 11 is 6.15. The van der Waals surface area contributed by atoms with Crippen LogP contribution in [0.2, 0.25) is 5.02 Å². The van der Waals surface area contributed by atoms with Gasteiger partial charge in [-0.25, -0.2) is 0 Å². The number of aromatic nitrogens is 2. The first-order chi connectivity index (χ1) is 11.6. The number of amides is 1. The van der Waals surface area contributed by atoms with Gasteiger partial charge in [-0.15, -0.1) is 0 Å². The lowest BCUT2D eigenvalue weighted by molar-refractivity contribution is -0.114.